The second-order valence-corrected chi connectivity index (χ2v) is 4.39. The van der Waals surface area contributed by atoms with E-state index >= 15 is 0 Å². The van der Waals surface area contributed by atoms with Crippen molar-refractivity contribution in [2.24, 2.45) is 5.10 Å². The standard InChI is InChI=1S/C17H17N3O2/c1-21-16-8-4-2-6-14(16)12-19-20-13-15-7-3-5-9-17(15)22-11-10-18/h2-9,13,19H,11-12H2,1H3/b20-13+. The van der Waals surface area contributed by atoms with Crippen molar-refractivity contribution < 1.29 is 9.47 Å². The molecule has 0 saturated heterocycles. The first-order valence-corrected chi connectivity index (χ1v) is 6.81. The zero-order chi connectivity index (χ0) is 15.6. The lowest BCUT2D eigenvalue weighted by atomic mass is 10.2. The number of nitriles is 1. The van der Waals surface area contributed by atoms with Crippen LogP contribution in [0.15, 0.2) is 53.6 Å². The van der Waals surface area contributed by atoms with Crippen molar-refractivity contribution >= 4 is 6.21 Å². The lowest BCUT2D eigenvalue weighted by molar-refractivity contribution is 0.367. The summed E-state index contributed by atoms with van der Waals surface area (Å²) < 4.78 is 10.6. The second kappa shape index (κ2) is 8.32. The SMILES string of the molecule is COc1ccccc1CN/N=C/c1ccccc1OCC#N. The molecule has 0 atom stereocenters. The number of benzene rings is 2. The summed E-state index contributed by atoms with van der Waals surface area (Å²) in [6.45, 7) is 0.571. The maximum atomic E-state index is 8.58. The average Bonchev–Trinajstić information content (AvgIpc) is 2.58. The molecule has 5 nitrogen and oxygen atoms in total. The molecule has 5 heteroatoms. The number of hydrogen-bond acceptors (Lipinski definition) is 5. The molecule has 0 aliphatic heterocycles. The average molecular weight is 295 g/mol. The summed E-state index contributed by atoms with van der Waals surface area (Å²) in [4.78, 5) is 0. The Bertz CT molecular complexity index is 678. The van der Waals surface area contributed by atoms with E-state index in [0.29, 0.717) is 12.3 Å². The fraction of sp³-hybridized carbons (Fsp3) is 0.176. The van der Waals surface area contributed by atoms with Crippen molar-refractivity contribution in [2.45, 2.75) is 6.54 Å². The number of para-hydroxylation sites is 2. The van der Waals surface area contributed by atoms with Gasteiger partial charge in [-0.2, -0.15) is 10.4 Å². The Balaban J connectivity index is 1.97. The van der Waals surface area contributed by atoms with E-state index in [1.807, 2.05) is 48.5 Å². The van der Waals surface area contributed by atoms with Gasteiger partial charge >= 0.3 is 0 Å². The van der Waals surface area contributed by atoms with Gasteiger partial charge in [-0.25, -0.2) is 0 Å². The Morgan fingerprint density at radius 1 is 1.14 bits per heavy atom. The van der Waals surface area contributed by atoms with Crippen LogP contribution in [0.1, 0.15) is 11.1 Å². The third kappa shape index (κ3) is 4.25. The number of nitrogens with zero attached hydrogens (tertiary/aromatic N) is 2. The van der Waals surface area contributed by atoms with Crippen LogP contribution < -0.4 is 14.9 Å². The van der Waals surface area contributed by atoms with Gasteiger partial charge in [0.25, 0.3) is 0 Å². The maximum Gasteiger partial charge on any atom is 0.174 e. The number of hydrazone groups is 1. The first kappa shape index (κ1) is 15.4. The van der Waals surface area contributed by atoms with E-state index in [1.165, 1.54) is 0 Å². The van der Waals surface area contributed by atoms with Gasteiger partial charge in [0.1, 0.15) is 17.6 Å². The highest BCUT2D eigenvalue weighted by molar-refractivity contribution is 5.83. The van der Waals surface area contributed by atoms with Crippen LogP contribution in [-0.2, 0) is 6.54 Å². The highest BCUT2D eigenvalue weighted by Gasteiger charge is 2.01. The van der Waals surface area contributed by atoms with E-state index in [4.69, 9.17) is 14.7 Å². The molecule has 0 fully saturated rings. The summed E-state index contributed by atoms with van der Waals surface area (Å²) in [6.07, 6.45) is 1.67. The van der Waals surface area contributed by atoms with Crippen molar-refractivity contribution in [2.75, 3.05) is 13.7 Å². The minimum atomic E-state index is 0.0134. The molecule has 22 heavy (non-hydrogen) atoms. The molecule has 0 aliphatic carbocycles. The fourth-order valence-corrected chi connectivity index (χ4v) is 1.92. The van der Waals surface area contributed by atoms with Gasteiger partial charge in [-0.3, -0.25) is 0 Å². The summed E-state index contributed by atoms with van der Waals surface area (Å²) in [5.41, 5.74) is 4.81. The molecule has 0 heterocycles. The Morgan fingerprint density at radius 3 is 2.64 bits per heavy atom. The van der Waals surface area contributed by atoms with Gasteiger partial charge in [0.15, 0.2) is 6.61 Å². The first-order valence-electron chi connectivity index (χ1n) is 6.81. The molecule has 2 aromatic rings. The molecule has 0 aliphatic rings. The van der Waals surface area contributed by atoms with Crippen molar-refractivity contribution in [1.29, 1.82) is 5.26 Å². The van der Waals surface area contributed by atoms with E-state index in [-0.39, 0.29) is 6.61 Å². The number of ether oxygens (including phenoxy) is 2. The topological polar surface area (TPSA) is 66.6 Å². The third-order valence-corrected chi connectivity index (χ3v) is 2.97. The molecular formula is C17H17N3O2. The highest BCUT2D eigenvalue weighted by Crippen LogP contribution is 2.17. The largest absolute Gasteiger partial charge is 0.496 e. The predicted octanol–water partition coefficient (Wildman–Crippen LogP) is 2.72. The molecule has 0 amide bonds. The molecule has 0 bridgehead atoms. The van der Waals surface area contributed by atoms with Crippen LogP contribution in [0.25, 0.3) is 0 Å². The van der Waals surface area contributed by atoms with Crippen molar-refractivity contribution in [3.05, 3.63) is 59.7 Å². The Labute approximate surface area is 129 Å². The summed E-state index contributed by atoms with van der Waals surface area (Å²) in [7, 11) is 1.64. The van der Waals surface area contributed by atoms with Gasteiger partial charge in [0.05, 0.1) is 19.9 Å². The molecule has 112 valence electrons. The summed E-state index contributed by atoms with van der Waals surface area (Å²) in [5.74, 6) is 1.45. The first-order chi connectivity index (χ1) is 10.8. The van der Waals surface area contributed by atoms with E-state index in [0.717, 1.165) is 16.9 Å². The van der Waals surface area contributed by atoms with Crippen LogP contribution in [0.4, 0.5) is 0 Å². The molecular weight excluding hydrogens is 278 g/mol. The second-order valence-electron chi connectivity index (χ2n) is 4.39. The van der Waals surface area contributed by atoms with Gasteiger partial charge in [0, 0.05) is 11.1 Å². The highest BCUT2D eigenvalue weighted by atomic mass is 16.5. The number of hydrogen-bond donors (Lipinski definition) is 1. The van der Waals surface area contributed by atoms with Gasteiger partial charge < -0.3 is 14.9 Å². The lowest BCUT2D eigenvalue weighted by Crippen LogP contribution is -2.07. The molecule has 2 rings (SSSR count). The van der Waals surface area contributed by atoms with E-state index in [2.05, 4.69) is 10.5 Å². The van der Waals surface area contributed by atoms with Crippen molar-refractivity contribution in [3.8, 4) is 17.6 Å². The van der Waals surface area contributed by atoms with E-state index in [1.54, 1.807) is 19.4 Å². The Kier molecular flexibility index (Phi) is 5.82. The number of methoxy groups -OCH3 is 1. The fourth-order valence-electron chi connectivity index (χ4n) is 1.92. The third-order valence-electron chi connectivity index (χ3n) is 2.97. The molecule has 1 N–H and O–H groups in total. The maximum absolute atomic E-state index is 8.58. The Morgan fingerprint density at radius 2 is 1.86 bits per heavy atom. The monoisotopic (exact) mass is 295 g/mol. The van der Waals surface area contributed by atoms with Crippen LogP contribution in [0.3, 0.4) is 0 Å². The normalized spacial score (nSPS) is 10.2. The minimum Gasteiger partial charge on any atom is -0.496 e. The van der Waals surface area contributed by atoms with Crippen LogP contribution in [0.2, 0.25) is 0 Å². The summed E-state index contributed by atoms with van der Waals surface area (Å²) in [6, 6.07) is 17.1. The van der Waals surface area contributed by atoms with Gasteiger partial charge in [-0.05, 0) is 18.2 Å². The number of nitrogens with one attached hydrogen (secondary N) is 1. The zero-order valence-electron chi connectivity index (χ0n) is 12.3. The Hall–Kier alpha value is -3.00. The smallest absolute Gasteiger partial charge is 0.174 e. The van der Waals surface area contributed by atoms with Gasteiger partial charge in [0.2, 0.25) is 0 Å². The molecule has 2 aromatic carbocycles. The molecule has 0 spiro atoms. The zero-order valence-corrected chi connectivity index (χ0v) is 12.3. The van der Waals surface area contributed by atoms with E-state index < -0.39 is 0 Å². The molecule has 0 saturated carbocycles. The lowest BCUT2D eigenvalue weighted by Gasteiger charge is -2.08. The quantitative estimate of drug-likeness (QED) is 0.630. The van der Waals surface area contributed by atoms with Crippen molar-refractivity contribution in [1.82, 2.24) is 5.43 Å². The van der Waals surface area contributed by atoms with Crippen LogP contribution >= 0.6 is 0 Å². The molecule has 0 aromatic heterocycles. The molecule has 0 radical (unpaired) electrons. The van der Waals surface area contributed by atoms with Crippen LogP contribution in [0.5, 0.6) is 11.5 Å². The van der Waals surface area contributed by atoms with E-state index in [9.17, 15) is 0 Å². The number of rotatable bonds is 7. The van der Waals surface area contributed by atoms with Crippen LogP contribution in [-0.4, -0.2) is 19.9 Å². The molecule has 0 unspecified atom stereocenters. The minimum absolute atomic E-state index is 0.0134. The van der Waals surface area contributed by atoms with Gasteiger partial charge in [-0.15, -0.1) is 0 Å². The van der Waals surface area contributed by atoms with Gasteiger partial charge in [-0.1, -0.05) is 30.3 Å². The van der Waals surface area contributed by atoms with Crippen molar-refractivity contribution in [3.63, 3.8) is 0 Å². The predicted molar refractivity (Wildman–Crippen MR) is 85.0 cm³/mol. The summed E-state index contributed by atoms with van der Waals surface area (Å²) in [5, 5.41) is 12.8. The van der Waals surface area contributed by atoms with Crippen LogP contribution in [0, 0.1) is 11.3 Å². The summed E-state index contributed by atoms with van der Waals surface area (Å²) >= 11 is 0.